The third kappa shape index (κ3) is 2.98. The molecule has 1 unspecified atom stereocenters. The van der Waals surface area contributed by atoms with Crippen molar-refractivity contribution >= 4 is 33.9 Å². The molecule has 0 aliphatic carbocycles. The van der Waals surface area contributed by atoms with Gasteiger partial charge in [-0.25, -0.2) is 9.78 Å². The smallest absolute Gasteiger partial charge is 0.413 e. The summed E-state index contributed by atoms with van der Waals surface area (Å²) in [6, 6.07) is 5.28. The summed E-state index contributed by atoms with van der Waals surface area (Å²) in [5.74, 6) is 1.20. The summed E-state index contributed by atoms with van der Waals surface area (Å²) in [6.07, 6.45) is -1.09. The maximum absolute atomic E-state index is 12.1. The standard InChI is InChI=1S/C13H17N3O3S/c1-8(2)7-20(19)9-4-5-10-11(6-9)15-12(14-10)16(3)13(17)18/h4-6,8H,7H2,1-3H3,(H,14,15)(H,17,18). The van der Waals surface area contributed by atoms with Gasteiger partial charge in [0.1, 0.15) is 0 Å². The van der Waals surface area contributed by atoms with Crippen LogP contribution in [0.2, 0.25) is 0 Å². The molecule has 1 aromatic carbocycles. The third-order valence-corrected chi connectivity index (χ3v) is 4.54. The van der Waals surface area contributed by atoms with Gasteiger partial charge in [-0.2, -0.15) is 0 Å². The van der Waals surface area contributed by atoms with E-state index in [0.717, 1.165) is 9.80 Å². The first-order valence-electron chi connectivity index (χ1n) is 6.23. The lowest BCUT2D eigenvalue weighted by Gasteiger charge is -2.07. The molecule has 0 fully saturated rings. The van der Waals surface area contributed by atoms with Gasteiger partial charge in [0.2, 0.25) is 5.95 Å². The molecule has 20 heavy (non-hydrogen) atoms. The van der Waals surface area contributed by atoms with Crippen LogP contribution >= 0.6 is 0 Å². The molecule has 0 aliphatic rings. The van der Waals surface area contributed by atoms with E-state index in [4.69, 9.17) is 5.11 Å². The number of aromatic amines is 1. The lowest BCUT2D eigenvalue weighted by Crippen LogP contribution is -2.24. The molecule has 0 saturated carbocycles. The van der Waals surface area contributed by atoms with Crippen LogP contribution in [-0.4, -0.2) is 38.2 Å². The van der Waals surface area contributed by atoms with Gasteiger partial charge in [-0.15, -0.1) is 0 Å². The van der Waals surface area contributed by atoms with Crippen LogP contribution in [0.3, 0.4) is 0 Å². The molecule has 2 rings (SSSR count). The summed E-state index contributed by atoms with van der Waals surface area (Å²) in [7, 11) is 0.357. The van der Waals surface area contributed by atoms with Crippen LogP contribution in [0.15, 0.2) is 23.1 Å². The van der Waals surface area contributed by atoms with Gasteiger partial charge in [-0.3, -0.25) is 9.11 Å². The summed E-state index contributed by atoms with van der Waals surface area (Å²) in [6.45, 7) is 4.04. The van der Waals surface area contributed by atoms with Gasteiger partial charge in [-0.1, -0.05) is 13.8 Å². The van der Waals surface area contributed by atoms with Gasteiger partial charge >= 0.3 is 6.09 Å². The Kier molecular flexibility index (Phi) is 4.08. The topological polar surface area (TPSA) is 86.3 Å². The number of anilines is 1. The number of carboxylic acid groups (broad SMARTS) is 1. The molecule has 0 aliphatic heterocycles. The van der Waals surface area contributed by atoms with Gasteiger partial charge < -0.3 is 10.1 Å². The minimum Gasteiger partial charge on any atom is -0.465 e. The number of carbonyl (C=O) groups is 1. The zero-order valence-electron chi connectivity index (χ0n) is 11.6. The van der Waals surface area contributed by atoms with E-state index in [1.54, 1.807) is 18.2 Å². The molecule has 2 aromatic rings. The first-order chi connectivity index (χ1) is 9.38. The number of fused-ring (bicyclic) bond motifs is 1. The molecule has 0 bridgehead atoms. The van der Waals surface area contributed by atoms with Crippen molar-refractivity contribution in [1.82, 2.24) is 9.97 Å². The fourth-order valence-electron chi connectivity index (χ4n) is 1.77. The van der Waals surface area contributed by atoms with Gasteiger partial charge in [0, 0.05) is 17.7 Å². The number of aromatic nitrogens is 2. The van der Waals surface area contributed by atoms with Crippen molar-refractivity contribution in [2.45, 2.75) is 18.7 Å². The normalized spacial score (nSPS) is 12.8. The van der Waals surface area contributed by atoms with E-state index >= 15 is 0 Å². The molecule has 1 amide bonds. The molecule has 0 spiro atoms. The van der Waals surface area contributed by atoms with E-state index in [0.29, 0.717) is 22.7 Å². The Balaban J connectivity index is 2.35. The van der Waals surface area contributed by atoms with Crippen molar-refractivity contribution in [3.8, 4) is 0 Å². The number of amides is 1. The average Bonchev–Trinajstić information content (AvgIpc) is 2.79. The van der Waals surface area contributed by atoms with E-state index in [1.165, 1.54) is 7.05 Å². The van der Waals surface area contributed by atoms with Gasteiger partial charge in [0.25, 0.3) is 0 Å². The number of nitrogens with zero attached hydrogens (tertiary/aromatic N) is 2. The summed E-state index contributed by atoms with van der Waals surface area (Å²) < 4.78 is 12.1. The average molecular weight is 295 g/mol. The van der Waals surface area contributed by atoms with Crippen LogP contribution in [0.25, 0.3) is 11.0 Å². The van der Waals surface area contributed by atoms with Crippen molar-refractivity contribution < 1.29 is 14.1 Å². The second-order valence-corrected chi connectivity index (χ2v) is 6.48. The number of hydrogen-bond acceptors (Lipinski definition) is 3. The van der Waals surface area contributed by atoms with Crippen LogP contribution in [0, 0.1) is 5.92 Å². The van der Waals surface area contributed by atoms with Gasteiger partial charge in [0.15, 0.2) is 0 Å². The molecular formula is C13H17N3O3S. The number of nitrogens with one attached hydrogen (secondary N) is 1. The maximum Gasteiger partial charge on any atom is 0.413 e. The first kappa shape index (κ1) is 14.5. The van der Waals surface area contributed by atoms with E-state index in [-0.39, 0.29) is 5.95 Å². The van der Waals surface area contributed by atoms with E-state index in [9.17, 15) is 9.00 Å². The Morgan fingerprint density at radius 1 is 1.50 bits per heavy atom. The maximum atomic E-state index is 12.1. The fraction of sp³-hybridized carbons (Fsp3) is 0.385. The number of H-pyrrole nitrogens is 1. The molecule has 1 heterocycles. The Bertz CT molecular complexity index is 666. The quantitative estimate of drug-likeness (QED) is 0.907. The Hall–Kier alpha value is -1.89. The van der Waals surface area contributed by atoms with Crippen LogP contribution < -0.4 is 4.90 Å². The van der Waals surface area contributed by atoms with Crippen LogP contribution in [0.4, 0.5) is 10.7 Å². The highest BCUT2D eigenvalue weighted by molar-refractivity contribution is 7.85. The number of hydrogen-bond donors (Lipinski definition) is 2. The second-order valence-electron chi connectivity index (χ2n) is 4.99. The number of rotatable bonds is 4. The zero-order chi connectivity index (χ0) is 14.9. The van der Waals surface area contributed by atoms with Crippen LogP contribution in [-0.2, 0) is 10.8 Å². The number of benzene rings is 1. The summed E-state index contributed by atoms with van der Waals surface area (Å²) in [4.78, 5) is 19.7. The second kappa shape index (κ2) is 5.62. The Labute approximate surface area is 119 Å². The van der Waals surface area contributed by atoms with Gasteiger partial charge in [0.05, 0.1) is 21.8 Å². The molecular weight excluding hydrogens is 278 g/mol. The highest BCUT2D eigenvalue weighted by Gasteiger charge is 2.14. The summed E-state index contributed by atoms with van der Waals surface area (Å²) in [5.41, 5.74) is 1.33. The monoisotopic (exact) mass is 295 g/mol. The largest absolute Gasteiger partial charge is 0.465 e. The molecule has 0 saturated heterocycles. The summed E-state index contributed by atoms with van der Waals surface area (Å²) >= 11 is 0. The lowest BCUT2D eigenvalue weighted by molar-refractivity contribution is 0.203. The Morgan fingerprint density at radius 2 is 2.20 bits per heavy atom. The van der Waals surface area contributed by atoms with E-state index < -0.39 is 16.9 Å². The van der Waals surface area contributed by atoms with E-state index in [2.05, 4.69) is 9.97 Å². The highest BCUT2D eigenvalue weighted by atomic mass is 32.2. The van der Waals surface area contributed by atoms with Crippen molar-refractivity contribution in [2.75, 3.05) is 17.7 Å². The lowest BCUT2D eigenvalue weighted by atomic mass is 10.3. The molecule has 1 atom stereocenters. The van der Waals surface area contributed by atoms with Crippen molar-refractivity contribution in [1.29, 1.82) is 0 Å². The molecule has 108 valence electrons. The van der Waals surface area contributed by atoms with Crippen LogP contribution in [0.5, 0.6) is 0 Å². The Morgan fingerprint density at radius 3 is 2.80 bits per heavy atom. The van der Waals surface area contributed by atoms with Crippen molar-refractivity contribution in [2.24, 2.45) is 5.92 Å². The van der Waals surface area contributed by atoms with Crippen LogP contribution in [0.1, 0.15) is 13.8 Å². The predicted molar refractivity (Wildman–Crippen MR) is 78.6 cm³/mol. The third-order valence-electron chi connectivity index (χ3n) is 2.79. The zero-order valence-corrected chi connectivity index (χ0v) is 12.4. The summed E-state index contributed by atoms with van der Waals surface area (Å²) in [5, 5.41) is 8.92. The fourth-order valence-corrected chi connectivity index (χ4v) is 3.03. The van der Waals surface area contributed by atoms with E-state index in [1.807, 2.05) is 13.8 Å². The minimum atomic E-state index is -1.09. The predicted octanol–water partition coefficient (Wildman–Crippen LogP) is 2.44. The molecule has 0 radical (unpaired) electrons. The first-order valence-corrected chi connectivity index (χ1v) is 7.55. The van der Waals surface area contributed by atoms with Crippen molar-refractivity contribution in [3.05, 3.63) is 18.2 Å². The number of imidazole rings is 1. The molecule has 1 aromatic heterocycles. The van der Waals surface area contributed by atoms with Gasteiger partial charge in [-0.05, 0) is 24.1 Å². The molecule has 2 N–H and O–H groups in total. The SMILES string of the molecule is CC(C)CS(=O)c1ccc2nc(N(C)C(=O)O)[nH]c2c1. The molecule has 6 nitrogen and oxygen atoms in total. The molecule has 7 heteroatoms. The van der Waals surface area contributed by atoms with Crippen molar-refractivity contribution in [3.63, 3.8) is 0 Å². The highest BCUT2D eigenvalue weighted by Crippen LogP contribution is 2.20. The minimum absolute atomic E-state index is 0.249.